The van der Waals surface area contributed by atoms with Crippen molar-refractivity contribution >= 4 is 56.8 Å². The molecule has 2 aromatic rings. The summed E-state index contributed by atoms with van der Waals surface area (Å²) in [5.41, 5.74) is 1.85. The minimum Gasteiger partial charge on any atom is -0.273 e. The highest BCUT2D eigenvalue weighted by Gasteiger charge is 2.40. The van der Waals surface area contributed by atoms with Crippen molar-refractivity contribution in [1.29, 1.82) is 0 Å². The normalized spacial score (nSPS) is 20.4. The second kappa shape index (κ2) is 7.92. The van der Waals surface area contributed by atoms with Crippen LogP contribution in [0.2, 0.25) is 0 Å². The quantitative estimate of drug-likeness (QED) is 0.537. The zero-order chi connectivity index (χ0) is 22.3. The molecule has 0 aliphatic carbocycles. The summed E-state index contributed by atoms with van der Waals surface area (Å²) in [5.74, 6) is -2.93. The van der Waals surface area contributed by atoms with Gasteiger partial charge in [-0.15, -0.1) is 0 Å². The second-order valence-electron chi connectivity index (χ2n) is 7.12. The Kier molecular flexibility index (Phi) is 5.28. The van der Waals surface area contributed by atoms with Gasteiger partial charge in [-0.05, 0) is 55.8 Å². The number of barbiturate groups is 1. The number of hydrogen-bond acceptors (Lipinski definition) is 5. The van der Waals surface area contributed by atoms with Gasteiger partial charge in [0.1, 0.15) is 5.57 Å². The summed E-state index contributed by atoms with van der Waals surface area (Å²) >= 11 is 3.38. The van der Waals surface area contributed by atoms with Crippen LogP contribution in [0.25, 0.3) is 0 Å². The number of halogens is 1. The van der Waals surface area contributed by atoms with Gasteiger partial charge in [0, 0.05) is 4.47 Å². The van der Waals surface area contributed by atoms with E-state index in [-0.39, 0.29) is 11.5 Å². The van der Waals surface area contributed by atoms with E-state index < -0.39 is 23.8 Å². The Morgan fingerprint density at radius 1 is 1.00 bits per heavy atom. The van der Waals surface area contributed by atoms with Gasteiger partial charge < -0.3 is 0 Å². The van der Waals surface area contributed by atoms with Crippen LogP contribution in [0.15, 0.2) is 69.8 Å². The highest BCUT2D eigenvalue weighted by molar-refractivity contribution is 9.10. The average Bonchev–Trinajstić information content (AvgIpc) is 3.02. The number of carbonyl (C=O) groups excluding carboxylic acids is 4. The maximum atomic E-state index is 13.1. The zero-order valence-corrected chi connectivity index (χ0v) is 18.2. The molecule has 1 fully saturated rings. The number of rotatable bonds is 3. The fourth-order valence-corrected chi connectivity index (χ4v) is 3.62. The van der Waals surface area contributed by atoms with Gasteiger partial charge in [-0.3, -0.25) is 19.7 Å². The van der Waals surface area contributed by atoms with Gasteiger partial charge >= 0.3 is 6.03 Å². The number of nitrogens with zero attached hydrogens (tertiary/aromatic N) is 3. The SMILES string of the molecule is CC1=NN(c2ccccc2)C(=O)[C@H]1/C=C1\C(=O)NC(=O)N(c2ccc(Br)c(C)c2)C1=O. The molecule has 8 nitrogen and oxygen atoms in total. The maximum absolute atomic E-state index is 13.1. The first-order valence-electron chi connectivity index (χ1n) is 9.40. The Bertz CT molecular complexity index is 1190. The molecule has 1 saturated heterocycles. The minimum atomic E-state index is -0.897. The lowest BCUT2D eigenvalue weighted by molar-refractivity contribution is -0.122. The molecular formula is C22H17BrN4O4. The van der Waals surface area contributed by atoms with E-state index in [2.05, 4.69) is 26.3 Å². The molecule has 2 aromatic carbocycles. The Balaban J connectivity index is 1.68. The largest absolute Gasteiger partial charge is 0.335 e. The van der Waals surface area contributed by atoms with E-state index in [4.69, 9.17) is 0 Å². The lowest BCUT2D eigenvalue weighted by Crippen LogP contribution is -2.54. The molecule has 31 heavy (non-hydrogen) atoms. The Labute approximate surface area is 186 Å². The Morgan fingerprint density at radius 2 is 1.71 bits per heavy atom. The van der Waals surface area contributed by atoms with Crippen LogP contribution in [0.5, 0.6) is 0 Å². The number of nitrogens with one attached hydrogen (secondary N) is 1. The monoisotopic (exact) mass is 480 g/mol. The maximum Gasteiger partial charge on any atom is 0.335 e. The van der Waals surface area contributed by atoms with Crippen molar-refractivity contribution < 1.29 is 19.2 Å². The highest BCUT2D eigenvalue weighted by atomic mass is 79.9. The van der Waals surface area contributed by atoms with E-state index in [1.165, 1.54) is 11.1 Å². The van der Waals surface area contributed by atoms with Crippen molar-refractivity contribution in [3.63, 3.8) is 0 Å². The lowest BCUT2D eigenvalue weighted by Gasteiger charge is -2.27. The van der Waals surface area contributed by atoms with Crippen LogP contribution in [0.1, 0.15) is 12.5 Å². The molecule has 5 amide bonds. The number of urea groups is 1. The first-order chi connectivity index (χ1) is 14.8. The number of benzene rings is 2. The molecule has 2 heterocycles. The molecule has 1 atom stereocenters. The predicted molar refractivity (Wildman–Crippen MR) is 119 cm³/mol. The molecule has 0 spiro atoms. The minimum absolute atomic E-state index is 0.289. The van der Waals surface area contributed by atoms with Crippen LogP contribution < -0.4 is 15.2 Å². The summed E-state index contributed by atoms with van der Waals surface area (Å²) in [6.07, 6.45) is 1.27. The highest BCUT2D eigenvalue weighted by Crippen LogP contribution is 2.28. The van der Waals surface area contributed by atoms with Crippen molar-refractivity contribution in [2.45, 2.75) is 13.8 Å². The Hall–Kier alpha value is -3.59. The number of imide groups is 2. The van der Waals surface area contributed by atoms with Crippen LogP contribution in [0.4, 0.5) is 16.2 Å². The molecule has 2 aliphatic rings. The summed E-state index contributed by atoms with van der Waals surface area (Å²) in [4.78, 5) is 51.8. The summed E-state index contributed by atoms with van der Waals surface area (Å²) in [7, 11) is 0. The molecule has 0 saturated carbocycles. The van der Waals surface area contributed by atoms with E-state index in [0.717, 1.165) is 14.9 Å². The Morgan fingerprint density at radius 3 is 2.39 bits per heavy atom. The third-order valence-electron chi connectivity index (χ3n) is 5.02. The number of carbonyl (C=O) groups is 4. The lowest BCUT2D eigenvalue weighted by atomic mass is 9.98. The molecule has 156 valence electrons. The van der Waals surface area contributed by atoms with E-state index in [1.807, 2.05) is 13.0 Å². The van der Waals surface area contributed by atoms with Crippen LogP contribution in [-0.4, -0.2) is 29.5 Å². The molecule has 0 bridgehead atoms. The smallest absolute Gasteiger partial charge is 0.273 e. The standard InChI is InChI=1S/C22H17BrN4O4/c1-12-10-15(8-9-18(12)23)26-20(29)17(19(28)24-22(26)31)11-16-13(2)25-27(21(16)30)14-6-4-3-5-7-14/h3-11,16H,1-2H3,(H,24,28,31)/b17-11+/t16-/m0/s1. The van der Waals surface area contributed by atoms with Crippen molar-refractivity contribution in [2.75, 3.05) is 9.91 Å². The molecule has 0 radical (unpaired) electrons. The first-order valence-corrected chi connectivity index (χ1v) is 10.2. The summed E-state index contributed by atoms with van der Waals surface area (Å²) in [6.45, 7) is 3.46. The van der Waals surface area contributed by atoms with Crippen molar-refractivity contribution in [3.05, 3.63) is 70.2 Å². The molecule has 1 N–H and O–H groups in total. The number of hydrogen-bond donors (Lipinski definition) is 1. The van der Waals surface area contributed by atoms with Crippen LogP contribution in [0, 0.1) is 12.8 Å². The van der Waals surface area contributed by atoms with Gasteiger partial charge in [0.15, 0.2) is 0 Å². The summed E-state index contributed by atoms with van der Waals surface area (Å²) < 4.78 is 0.817. The molecule has 0 unspecified atom stereocenters. The van der Waals surface area contributed by atoms with Gasteiger partial charge in [-0.1, -0.05) is 34.1 Å². The van der Waals surface area contributed by atoms with E-state index >= 15 is 0 Å². The van der Waals surface area contributed by atoms with E-state index in [1.54, 1.807) is 49.4 Å². The summed E-state index contributed by atoms with van der Waals surface area (Å²) in [6, 6.07) is 13.0. The third kappa shape index (κ3) is 3.68. The van der Waals surface area contributed by atoms with Gasteiger partial charge in [0.25, 0.3) is 17.7 Å². The van der Waals surface area contributed by atoms with Crippen molar-refractivity contribution in [1.82, 2.24) is 5.32 Å². The topological polar surface area (TPSA) is 99.2 Å². The molecular weight excluding hydrogens is 464 g/mol. The fraction of sp³-hybridized carbons (Fsp3) is 0.136. The second-order valence-corrected chi connectivity index (χ2v) is 7.97. The number of amides is 5. The number of para-hydroxylation sites is 1. The first kappa shape index (κ1) is 20.7. The fourth-order valence-electron chi connectivity index (χ4n) is 3.37. The van der Waals surface area contributed by atoms with Gasteiger partial charge in [-0.25, -0.2) is 9.69 Å². The van der Waals surface area contributed by atoms with Crippen LogP contribution >= 0.6 is 15.9 Å². The molecule has 2 aliphatic heterocycles. The summed E-state index contributed by atoms with van der Waals surface area (Å²) in [5, 5.41) is 7.69. The molecule has 0 aromatic heterocycles. The van der Waals surface area contributed by atoms with Crippen molar-refractivity contribution in [2.24, 2.45) is 11.0 Å². The predicted octanol–water partition coefficient (Wildman–Crippen LogP) is 3.31. The molecule has 9 heteroatoms. The molecule has 4 rings (SSSR count). The number of aryl methyl sites for hydroxylation is 1. The average molecular weight is 481 g/mol. The van der Waals surface area contributed by atoms with Gasteiger partial charge in [-0.2, -0.15) is 10.1 Å². The van der Waals surface area contributed by atoms with Crippen molar-refractivity contribution in [3.8, 4) is 0 Å². The number of hydrazone groups is 1. The zero-order valence-electron chi connectivity index (χ0n) is 16.6. The third-order valence-corrected chi connectivity index (χ3v) is 5.91. The van der Waals surface area contributed by atoms with Gasteiger partial charge in [0.05, 0.1) is 23.0 Å². The number of anilines is 2. The van der Waals surface area contributed by atoms with E-state index in [9.17, 15) is 19.2 Å². The van der Waals surface area contributed by atoms with Gasteiger partial charge in [0.2, 0.25) is 0 Å². The van der Waals surface area contributed by atoms with Crippen LogP contribution in [-0.2, 0) is 14.4 Å². The van der Waals surface area contributed by atoms with E-state index in [0.29, 0.717) is 17.1 Å². The van der Waals surface area contributed by atoms with Crippen LogP contribution in [0.3, 0.4) is 0 Å².